The summed E-state index contributed by atoms with van der Waals surface area (Å²) in [6.07, 6.45) is 0. The molecule has 3 nitrogen and oxygen atoms in total. The molecule has 0 radical (unpaired) electrons. The Balaban J connectivity index is 2.41. The van der Waals surface area contributed by atoms with Gasteiger partial charge in [-0.2, -0.15) is 0 Å². The highest BCUT2D eigenvalue weighted by atomic mass is 79.9. The van der Waals surface area contributed by atoms with Crippen molar-refractivity contribution in [3.05, 3.63) is 52.9 Å². The van der Waals surface area contributed by atoms with Gasteiger partial charge in [-0.15, -0.1) is 0 Å². The van der Waals surface area contributed by atoms with E-state index in [4.69, 9.17) is 5.73 Å². The van der Waals surface area contributed by atoms with Gasteiger partial charge in [0.25, 0.3) is 0 Å². The second kappa shape index (κ2) is 4.10. The fraction of sp³-hybridized carbons (Fsp3) is 0. The number of nitrogen functional groups attached to an aromatic ring is 1. The maximum Gasteiger partial charge on any atom is 0.150 e. The molecule has 0 aliphatic rings. The van der Waals surface area contributed by atoms with Crippen molar-refractivity contribution >= 4 is 27.3 Å². The normalized spacial score (nSPS) is 11.0. The van der Waals surface area contributed by atoms with Crippen LogP contribution in [0.3, 0.4) is 0 Å². The highest BCUT2D eigenvalue weighted by Crippen LogP contribution is 2.29. The van der Waals surface area contributed by atoms with E-state index in [1.54, 1.807) is 28.7 Å². The molecule has 18 heavy (non-hydrogen) atoms. The van der Waals surface area contributed by atoms with Gasteiger partial charge in [0.05, 0.1) is 11.1 Å². The molecule has 3 aromatic rings. The molecule has 0 saturated heterocycles. The zero-order valence-electron chi connectivity index (χ0n) is 9.27. The third-order valence-electron chi connectivity index (χ3n) is 2.76. The van der Waals surface area contributed by atoms with Crippen LogP contribution in [0.15, 0.2) is 47.1 Å². The van der Waals surface area contributed by atoms with Crippen molar-refractivity contribution in [1.29, 1.82) is 0 Å². The number of nitrogens with two attached hydrogens (primary N) is 1. The summed E-state index contributed by atoms with van der Waals surface area (Å²) in [7, 11) is 0. The third-order valence-corrected chi connectivity index (χ3v) is 3.35. The van der Waals surface area contributed by atoms with E-state index >= 15 is 0 Å². The first kappa shape index (κ1) is 11.2. The molecule has 2 aromatic heterocycles. The molecule has 0 amide bonds. The van der Waals surface area contributed by atoms with E-state index < -0.39 is 0 Å². The smallest absolute Gasteiger partial charge is 0.150 e. The van der Waals surface area contributed by atoms with E-state index in [-0.39, 0.29) is 5.82 Å². The summed E-state index contributed by atoms with van der Waals surface area (Å²) in [6, 6.07) is 12.0. The number of hydrogen-bond acceptors (Lipinski definition) is 2. The molecule has 0 saturated carbocycles. The molecule has 0 aliphatic carbocycles. The molecule has 2 heterocycles. The molecule has 0 unspecified atom stereocenters. The van der Waals surface area contributed by atoms with Crippen molar-refractivity contribution < 1.29 is 4.39 Å². The number of aromatic nitrogens is 2. The van der Waals surface area contributed by atoms with Gasteiger partial charge in [-0.25, -0.2) is 9.37 Å². The third kappa shape index (κ3) is 1.59. The topological polar surface area (TPSA) is 43.3 Å². The summed E-state index contributed by atoms with van der Waals surface area (Å²) in [5, 5.41) is 0. The van der Waals surface area contributed by atoms with Gasteiger partial charge >= 0.3 is 0 Å². The van der Waals surface area contributed by atoms with Gasteiger partial charge in [0.2, 0.25) is 0 Å². The first-order chi connectivity index (χ1) is 8.68. The molecule has 0 fully saturated rings. The monoisotopic (exact) mass is 305 g/mol. The Kier molecular flexibility index (Phi) is 2.56. The van der Waals surface area contributed by atoms with Crippen LogP contribution in [0.25, 0.3) is 16.9 Å². The van der Waals surface area contributed by atoms with Crippen molar-refractivity contribution in [2.45, 2.75) is 0 Å². The van der Waals surface area contributed by atoms with Crippen LogP contribution in [0.4, 0.5) is 10.2 Å². The van der Waals surface area contributed by atoms with Gasteiger partial charge in [0.15, 0.2) is 0 Å². The fourth-order valence-corrected chi connectivity index (χ4v) is 2.42. The van der Waals surface area contributed by atoms with Gasteiger partial charge in [-0.05, 0) is 40.2 Å². The maximum absolute atomic E-state index is 13.8. The van der Waals surface area contributed by atoms with E-state index in [0.717, 1.165) is 5.52 Å². The second-order valence-electron chi connectivity index (χ2n) is 3.88. The van der Waals surface area contributed by atoms with Gasteiger partial charge in [-0.1, -0.05) is 18.2 Å². The first-order valence-electron chi connectivity index (χ1n) is 5.36. The quantitative estimate of drug-likeness (QED) is 0.748. The number of hydrogen-bond donors (Lipinski definition) is 1. The number of rotatable bonds is 1. The number of halogens is 2. The first-order valence-corrected chi connectivity index (χ1v) is 6.15. The maximum atomic E-state index is 13.8. The van der Waals surface area contributed by atoms with E-state index in [1.807, 2.05) is 12.1 Å². The van der Waals surface area contributed by atoms with Crippen LogP contribution < -0.4 is 5.73 Å². The fourth-order valence-electron chi connectivity index (χ4n) is 1.95. The summed E-state index contributed by atoms with van der Waals surface area (Å²) >= 11 is 3.36. The van der Waals surface area contributed by atoms with Crippen LogP contribution >= 0.6 is 15.9 Å². The number of anilines is 1. The minimum Gasteiger partial charge on any atom is -0.385 e. The summed E-state index contributed by atoms with van der Waals surface area (Å²) in [5.41, 5.74) is 7.18. The van der Waals surface area contributed by atoms with Gasteiger partial charge in [0.1, 0.15) is 22.1 Å². The van der Waals surface area contributed by atoms with Crippen molar-refractivity contribution in [1.82, 2.24) is 9.38 Å². The summed E-state index contributed by atoms with van der Waals surface area (Å²) in [4.78, 5) is 4.34. The molecular weight excluding hydrogens is 297 g/mol. The van der Waals surface area contributed by atoms with E-state index in [0.29, 0.717) is 21.8 Å². The number of nitrogens with zero attached hydrogens (tertiary/aromatic N) is 2. The lowest BCUT2D eigenvalue weighted by atomic mass is 10.2. The van der Waals surface area contributed by atoms with Gasteiger partial charge in [-0.3, -0.25) is 4.40 Å². The highest BCUT2D eigenvalue weighted by molar-refractivity contribution is 9.10. The molecule has 0 aliphatic heterocycles. The summed E-state index contributed by atoms with van der Waals surface area (Å²) < 4.78 is 16.2. The second-order valence-corrected chi connectivity index (χ2v) is 4.63. The zero-order chi connectivity index (χ0) is 12.7. The Morgan fingerprint density at radius 3 is 2.67 bits per heavy atom. The molecule has 0 bridgehead atoms. The Hall–Kier alpha value is -1.88. The van der Waals surface area contributed by atoms with Crippen molar-refractivity contribution in [2.75, 3.05) is 5.73 Å². The molecular formula is C13H9BrFN3. The van der Waals surface area contributed by atoms with E-state index in [9.17, 15) is 4.39 Å². The number of imidazole rings is 1. The Bertz CT molecular complexity index is 736. The summed E-state index contributed by atoms with van der Waals surface area (Å²) in [6.45, 7) is 0. The van der Waals surface area contributed by atoms with Crippen molar-refractivity contribution in [3.8, 4) is 11.4 Å². The molecule has 0 spiro atoms. The average molecular weight is 306 g/mol. The van der Waals surface area contributed by atoms with Crippen LogP contribution in [0.5, 0.6) is 0 Å². The molecule has 3 rings (SSSR count). The zero-order valence-corrected chi connectivity index (χ0v) is 10.9. The summed E-state index contributed by atoms with van der Waals surface area (Å²) in [5.74, 6) is 0.692. The van der Waals surface area contributed by atoms with Crippen LogP contribution in [0.2, 0.25) is 0 Å². The minimum absolute atomic E-state index is 0.319. The Morgan fingerprint density at radius 1 is 1.11 bits per heavy atom. The molecule has 90 valence electrons. The van der Waals surface area contributed by atoms with Gasteiger partial charge in [0, 0.05) is 0 Å². The molecule has 5 heteroatoms. The van der Waals surface area contributed by atoms with E-state index in [1.165, 1.54) is 6.07 Å². The lowest BCUT2D eigenvalue weighted by molar-refractivity contribution is 0.630. The van der Waals surface area contributed by atoms with Crippen molar-refractivity contribution in [3.63, 3.8) is 0 Å². The van der Waals surface area contributed by atoms with Crippen LogP contribution in [-0.2, 0) is 0 Å². The van der Waals surface area contributed by atoms with Crippen LogP contribution in [0.1, 0.15) is 0 Å². The average Bonchev–Trinajstić information content (AvgIpc) is 2.69. The number of fused-ring (bicyclic) bond motifs is 1. The molecule has 0 atom stereocenters. The lowest BCUT2D eigenvalue weighted by Gasteiger charge is -2.05. The SMILES string of the molecule is Nc1cccc2c(Br)nc(-c3ccccc3F)n12. The minimum atomic E-state index is -0.319. The highest BCUT2D eigenvalue weighted by Gasteiger charge is 2.15. The van der Waals surface area contributed by atoms with Gasteiger partial charge < -0.3 is 5.73 Å². The Labute approximate surface area is 111 Å². The van der Waals surface area contributed by atoms with Crippen LogP contribution in [0, 0.1) is 5.82 Å². The Morgan fingerprint density at radius 2 is 1.89 bits per heavy atom. The molecule has 2 N–H and O–H groups in total. The molecule has 1 aromatic carbocycles. The predicted octanol–water partition coefficient (Wildman–Crippen LogP) is 3.49. The van der Waals surface area contributed by atoms with Crippen molar-refractivity contribution in [2.24, 2.45) is 0 Å². The number of pyridine rings is 1. The van der Waals surface area contributed by atoms with Crippen LogP contribution in [-0.4, -0.2) is 9.38 Å². The van der Waals surface area contributed by atoms with E-state index in [2.05, 4.69) is 20.9 Å². The number of benzene rings is 1. The standard InChI is InChI=1S/C13H9BrFN3/c14-12-10-6-3-7-11(16)18(10)13(17-12)8-4-1-2-5-9(8)15/h1-7H,16H2. The predicted molar refractivity (Wildman–Crippen MR) is 72.7 cm³/mol. The largest absolute Gasteiger partial charge is 0.385 e. The lowest BCUT2D eigenvalue weighted by Crippen LogP contribution is -1.99.